The number of aromatic nitrogens is 1. The highest BCUT2D eigenvalue weighted by molar-refractivity contribution is 6.30. The minimum absolute atomic E-state index is 0.0629. The van der Waals surface area contributed by atoms with E-state index in [0.717, 1.165) is 5.56 Å². The van der Waals surface area contributed by atoms with E-state index in [1.807, 2.05) is 0 Å². The zero-order valence-electron chi connectivity index (χ0n) is 16.9. The van der Waals surface area contributed by atoms with Crippen LogP contribution in [0.25, 0.3) is 0 Å². The van der Waals surface area contributed by atoms with Crippen LogP contribution in [0.2, 0.25) is 5.02 Å². The molecule has 9 heteroatoms. The summed E-state index contributed by atoms with van der Waals surface area (Å²) in [6.45, 7) is 1.87. The molecule has 1 aromatic heterocycles. The van der Waals surface area contributed by atoms with Gasteiger partial charge in [-0.15, -0.1) is 0 Å². The highest BCUT2D eigenvalue weighted by atomic mass is 35.5. The molecule has 0 unspecified atom stereocenters. The molecule has 8 nitrogen and oxygen atoms in total. The van der Waals surface area contributed by atoms with E-state index in [9.17, 15) is 14.7 Å². The summed E-state index contributed by atoms with van der Waals surface area (Å²) in [4.78, 5) is 27.2. The molecule has 0 aliphatic carbocycles. The predicted molar refractivity (Wildman–Crippen MR) is 119 cm³/mol. The Kier molecular flexibility index (Phi) is 7.17. The summed E-state index contributed by atoms with van der Waals surface area (Å²) in [6.07, 6.45) is -0.343. The Bertz CT molecular complexity index is 1130. The van der Waals surface area contributed by atoms with E-state index in [-0.39, 0.29) is 18.0 Å². The number of amides is 1. The molecule has 0 saturated heterocycles. The third-order valence-corrected chi connectivity index (χ3v) is 4.75. The van der Waals surface area contributed by atoms with Crippen molar-refractivity contribution in [2.45, 2.75) is 13.0 Å². The topological polar surface area (TPSA) is 113 Å². The number of pyridine rings is 1. The van der Waals surface area contributed by atoms with E-state index in [1.165, 1.54) is 19.4 Å². The summed E-state index contributed by atoms with van der Waals surface area (Å²) >= 11 is 5.96. The number of aromatic amines is 1. The zero-order valence-corrected chi connectivity index (χ0v) is 17.7. The number of rotatable bonds is 7. The number of aryl methyl sites for hydroxylation is 1. The SMILES string of the molecule is COc1cccc(C)c1NC(=O)Oc1c(NC[C@@H](O)c2cccc(Cl)c2)cc[nH]c1=O. The van der Waals surface area contributed by atoms with Crippen molar-refractivity contribution in [3.63, 3.8) is 0 Å². The number of hydrogen-bond donors (Lipinski definition) is 4. The third-order valence-electron chi connectivity index (χ3n) is 4.51. The lowest BCUT2D eigenvalue weighted by molar-refractivity contribution is 0.191. The molecule has 0 bridgehead atoms. The summed E-state index contributed by atoms with van der Waals surface area (Å²) in [6, 6.07) is 13.6. The molecule has 0 spiro atoms. The van der Waals surface area contributed by atoms with Crippen LogP contribution in [0.4, 0.5) is 16.2 Å². The van der Waals surface area contributed by atoms with Gasteiger partial charge >= 0.3 is 6.09 Å². The van der Waals surface area contributed by atoms with Crippen LogP contribution in [0.5, 0.6) is 11.5 Å². The first kappa shape index (κ1) is 22.2. The first-order chi connectivity index (χ1) is 14.9. The first-order valence-electron chi connectivity index (χ1n) is 9.40. The second-order valence-electron chi connectivity index (χ2n) is 6.67. The van der Waals surface area contributed by atoms with Gasteiger partial charge in [0.15, 0.2) is 0 Å². The van der Waals surface area contributed by atoms with Crippen molar-refractivity contribution in [3.8, 4) is 11.5 Å². The number of methoxy groups -OCH3 is 1. The molecule has 1 atom stereocenters. The predicted octanol–water partition coefficient (Wildman–Crippen LogP) is 4.10. The van der Waals surface area contributed by atoms with E-state index in [4.69, 9.17) is 21.1 Å². The summed E-state index contributed by atoms with van der Waals surface area (Å²) in [5.74, 6) is 0.229. The van der Waals surface area contributed by atoms with Gasteiger partial charge in [-0.2, -0.15) is 0 Å². The maximum atomic E-state index is 12.5. The number of halogens is 1. The fourth-order valence-corrected chi connectivity index (χ4v) is 3.13. The number of aliphatic hydroxyl groups excluding tert-OH is 1. The molecular weight excluding hydrogens is 422 g/mol. The average molecular weight is 444 g/mol. The van der Waals surface area contributed by atoms with Crippen LogP contribution >= 0.6 is 11.6 Å². The molecule has 31 heavy (non-hydrogen) atoms. The molecule has 0 radical (unpaired) electrons. The number of carbonyl (C=O) groups is 1. The van der Waals surface area contributed by atoms with Gasteiger partial charge < -0.3 is 24.9 Å². The van der Waals surface area contributed by atoms with Crippen LogP contribution in [0.15, 0.2) is 59.5 Å². The van der Waals surface area contributed by atoms with Crippen LogP contribution in [0.1, 0.15) is 17.2 Å². The standard InChI is InChI=1S/C22H22ClN3O5/c1-13-5-3-8-18(30-2)19(13)26-22(29)31-20-16(9-10-24-21(20)28)25-12-17(27)14-6-4-7-15(23)11-14/h3-11,17,27H,12H2,1-2H3,(H,26,29)(H2,24,25,28)/t17-/m1/s1. The zero-order chi connectivity index (χ0) is 22.4. The van der Waals surface area contributed by atoms with E-state index in [2.05, 4.69) is 15.6 Å². The summed E-state index contributed by atoms with van der Waals surface area (Å²) in [5, 5.41) is 16.4. The molecule has 0 fully saturated rings. The number of hydrogen-bond acceptors (Lipinski definition) is 6. The second kappa shape index (κ2) is 10.0. The van der Waals surface area contributed by atoms with Crippen molar-refractivity contribution in [1.82, 2.24) is 4.98 Å². The Balaban J connectivity index is 1.74. The normalized spacial score (nSPS) is 11.5. The Morgan fingerprint density at radius 1 is 1.23 bits per heavy atom. The van der Waals surface area contributed by atoms with E-state index in [0.29, 0.717) is 22.0 Å². The number of carbonyl (C=O) groups excluding carboxylic acids is 1. The van der Waals surface area contributed by atoms with Gasteiger partial charge in [-0.05, 0) is 42.3 Å². The van der Waals surface area contributed by atoms with Crippen LogP contribution in [-0.4, -0.2) is 29.8 Å². The number of benzene rings is 2. The van der Waals surface area contributed by atoms with Crippen LogP contribution in [-0.2, 0) is 0 Å². The van der Waals surface area contributed by atoms with E-state index >= 15 is 0 Å². The molecule has 3 rings (SSSR count). The van der Waals surface area contributed by atoms with Gasteiger partial charge in [-0.1, -0.05) is 35.9 Å². The number of ether oxygens (including phenoxy) is 2. The van der Waals surface area contributed by atoms with Gasteiger partial charge in [0.1, 0.15) is 5.75 Å². The van der Waals surface area contributed by atoms with Crippen molar-refractivity contribution in [2.75, 3.05) is 24.3 Å². The quantitative estimate of drug-likeness (QED) is 0.437. The maximum Gasteiger partial charge on any atom is 0.417 e. The van der Waals surface area contributed by atoms with Crippen molar-refractivity contribution >= 4 is 29.1 Å². The van der Waals surface area contributed by atoms with Crippen molar-refractivity contribution in [1.29, 1.82) is 0 Å². The Morgan fingerprint density at radius 2 is 2.00 bits per heavy atom. The number of nitrogens with one attached hydrogen (secondary N) is 3. The molecule has 1 heterocycles. The molecule has 1 amide bonds. The monoisotopic (exact) mass is 443 g/mol. The fourth-order valence-electron chi connectivity index (χ4n) is 2.93. The molecule has 0 saturated carbocycles. The highest BCUT2D eigenvalue weighted by Crippen LogP contribution is 2.28. The summed E-state index contributed by atoms with van der Waals surface area (Å²) in [7, 11) is 1.49. The van der Waals surface area contributed by atoms with Crippen LogP contribution in [0.3, 0.4) is 0 Å². The largest absolute Gasteiger partial charge is 0.495 e. The van der Waals surface area contributed by atoms with E-state index in [1.54, 1.807) is 49.4 Å². The lowest BCUT2D eigenvalue weighted by atomic mass is 10.1. The lowest BCUT2D eigenvalue weighted by Gasteiger charge is -2.16. The number of H-pyrrole nitrogens is 1. The average Bonchev–Trinajstić information content (AvgIpc) is 2.75. The molecule has 3 aromatic rings. The minimum Gasteiger partial charge on any atom is -0.495 e. The number of para-hydroxylation sites is 1. The van der Waals surface area contributed by atoms with Gasteiger partial charge in [0.05, 0.1) is 24.6 Å². The van der Waals surface area contributed by atoms with Crippen molar-refractivity contribution < 1.29 is 19.4 Å². The Labute approximate surface area is 183 Å². The van der Waals surface area contributed by atoms with Gasteiger partial charge in [0.2, 0.25) is 5.75 Å². The molecule has 0 aliphatic rings. The second-order valence-corrected chi connectivity index (χ2v) is 7.10. The minimum atomic E-state index is -0.893. The van der Waals surface area contributed by atoms with Gasteiger partial charge in [0.25, 0.3) is 5.56 Å². The smallest absolute Gasteiger partial charge is 0.417 e. The third kappa shape index (κ3) is 5.56. The number of aliphatic hydroxyl groups is 1. The number of anilines is 2. The Morgan fingerprint density at radius 3 is 2.74 bits per heavy atom. The summed E-state index contributed by atoms with van der Waals surface area (Å²) in [5.41, 5.74) is 1.46. The molecule has 0 aliphatic heterocycles. The van der Waals surface area contributed by atoms with Gasteiger partial charge in [-0.25, -0.2) is 4.79 Å². The van der Waals surface area contributed by atoms with E-state index < -0.39 is 17.8 Å². The maximum absolute atomic E-state index is 12.5. The Hall–Kier alpha value is -3.49. The van der Waals surface area contributed by atoms with Crippen LogP contribution in [0, 0.1) is 6.92 Å². The molecular formula is C22H22ClN3O5. The van der Waals surface area contributed by atoms with Gasteiger partial charge in [-0.3, -0.25) is 10.1 Å². The van der Waals surface area contributed by atoms with Crippen molar-refractivity contribution in [3.05, 3.63) is 81.2 Å². The molecule has 162 valence electrons. The molecule has 4 N–H and O–H groups in total. The summed E-state index contributed by atoms with van der Waals surface area (Å²) < 4.78 is 10.5. The van der Waals surface area contributed by atoms with Gasteiger partial charge in [0, 0.05) is 17.8 Å². The fraction of sp³-hybridized carbons (Fsp3) is 0.182. The highest BCUT2D eigenvalue weighted by Gasteiger charge is 2.17. The van der Waals surface area contributed by atoms with Crippen molar-refractivity contribution in [2.24, 2.45) is 0 Å². The molecule has 2 aromatic carbocycles. The first-order valence-corrected chi connectivity index (χ1v) is 9.78. The van der Waals surface area contributed by atoms with Crippen LogP contribution < -0.4 is 25.7 Å². The lowest BCUT2D eigenvalue weighted by Crippen LogP contribution is -2.24.